The molecular formula is C23H23FN2O2. The second-order valence-electron chi connectivity index (χ2n) is 7.63. The number of hydrazine groups is 1. The van der Waals surface area contributed by atoms with Crippen molar-refractivity contribution in [3.63, 3.8) is 0 Å². The van der Waals surface area contributed by atoms with E-state index in [1.807, 2.05) is 30.3 Å². The van der Waals surface area contributed by atoms with Crippen LogP contribution < -0.4 is 0 Å². The second kappa shape index (κ2) is 7.32. The number of carbonyl (C=O) groups excluding carboxylic acids is 2. The zero-order valence-electron chi connectivity index (χ0n) is 16.1. The van der Waals surface area contributed by atoms with E-state index in [1.165, 1.54) is 6.07 Å². The van der Waals surface area contributed by atoms with Gasteiger partial charge in [-0.3, -0.25) is 9.59 Å². The molecule has 2 atom stereocenters. The van der Waals surface area contributed by atoms with Crippen LogP contribution in [0.5, 0.6) is 0 Å². The first-order valence-corrected chi connectivity index (χ1v) is 9.53. The summed E-state index contributed by atoms with van der Waals surface area (Å²) in [7, 11) is 3.59. The van der Waals surface area contributed by atoms with Crippen molar-refractivity contribution in [1.29, 1.82) is 0 Å². The highest BCUT2D eigenvalue weighted by Gasteiger charge is 2.43. The molecule has 0 saturated heterocycles. The van der Waals surface area contributed by atoms with Gasteiger partial charge in [0.15, 0.2) is 5.78 Å². The Labute approximate surface area is 164 Å². The smallest absolute Gasteiger partial charge is 0.242 e. The van der Waals surface area contributed by atoms with Gasteiger partial charge in [-0.25, -0.2) is 14.4 Å². The van der Waals surface area contributed by atoms with E-state index >= 15 is 0 Å². The molecule has 4 nitrogen and oxygen atoms in total. The van der Waals surface area contributed by atoms with Gasteiger partial charge in [0.1, 0.15) is 5.82 Å². The standard InChI is InChI=1S/C23H23FN2O2/c1-25(2)26-20-12-16(15-8-4-3-5-9-15)13-21(27)23(20)18(14-22(26)28)17-10-6-7-11-19(17)24/h3-11,16,18H,12-14H2,1-2H3/t16-,18+/m1/s1. The van der Waals surface area contributed by atoms with Crippen LogP contribution in [-0.4, -0.2) is 35.8 Å². The quantitative estimate of drug-likeness (QED) is 0.810. The van der Waals surface area contributed by atoms with Gasteiger partial charge >= 0.3 is 0 Å². The van der Waals surface area contributed by atoms with Crippen molar-refractivity contribution in [3.8, 4) is 0 Å². The van der Waals surface area contributed by atoms with Crippen LogP contribution in [0.2, 0.25) is 0 Å². The topological polar surface area (TPSA) is 40.6 Å². The van der Waals surface area contributed by atoms with E-state index in [2.05, 4.69) is 0 Å². The van der Waals surface area contributed by atoms with Gasteiger partial charge in [0.25, 0.3) is 0 Å². The third kappa shape index (κ3) is 3.16. The predicted octanol–water partition coefficient (Wildman–Crippen LogP) is 4.02. The van der Waals surface area contributed by atoms with Crippen LogP contribution in [-0.2, 0) is 9.59 Å². The van der Waals surface area contributed by atoms with E-state index in [-0.39, 0.29) is 29.8 Å². The Morgan fingerprint density at radius 1 is 0.929 bits per heavy atom. The van der Waals surface area contributed by atoms with Gasteiger partial charge in [-0.15, -0.1) is 0 Å². The maximum atomic E-state index is 14.5. The summed E-state index contributed by atoms with van der Waals surface area (Å²) in [6.07, 6.45) is 1.06. The number of allylic oxidation sites excluding steroid dienone is 2. The van der Waals surface area contributed by atoms with Crippen LogP contribution in [0, 0.1) is 5.82 Å². The van der Waals surface area contributed by atoms with Gasteiger partial charge in [-0.1, -0.05) is 48.5 Å². The number of hydrogen-bond donors (Lipinski definition) is 0. The Morgan fingerprint density at radius 2 is 1.61 bits per heavy atom. The average molecular weight is 378 g/mol. The molecule has 0 N–H and O–H groups in total. The van der Waals surface area contributed by atoms with Crippen molar-refractivity contribution in [2.24, 2.45) is 0 Å². The number of Topliss-reactive ketones (excluding diaryl/α,β-unsaturated/α-hetero) is 1. The molecule has 0 saturated carbocycles. The molecule has 28 heavy (non-hydrogen) atoms. The van der Waals surface area contributed by atoms with E-state index in [4.69, 9.17) is 0 Å². The van der Waals surface area contributed by atoms with Crippen molar-refractivity contribution < 1.29 is 14.0 Å². The Morgan fingerprint density at radius 3 is 2.29 bits per heavy atom. The number of amides is 1. The largest absolute Gasteiger partial charge is 0.294 e. The number of benzene rings is 2. The Hall–Kier alpha value is -2.79. The summed E-state index contributed by atoms with van der Waals surface area (Å²) in [6.45, 7) is 0. The Bertz CT molecular complexity index is 952. The molecule has 2 aliphatic rings. The van der Waals surface area contributed by atoms with E-state index in [0.717, 1.165) is 5.56 Å². The Kier molecular flexibility index (Phi) is 4.85. The van der Waals surface area contributed by atoms with Crippen LogP contribution in [0.1, 0.15) is 42.2 Å². The molecule has 1 aliphatic heterocycles. The molecule has 2 aromatic carbocycles. The number of nitrogens with zero attached hydrogens (tertiary/aromatic N) is 2. The van der Waals surface area contributed by atoms with Gasteiger partial charge < -0.3 is 0 Å². The van der Waals surface area contributed by atoms with Crippen molar-refractivity contribution in [1.82, 2.24) is 10.0 Å². The van der Waals surface area contributed by atoms with Gasteiger partial charge in [-0.2, -0.15) is 0 Å². The van der Waals surface area contributed by atoms with Crippen LogP contribution in [0.25, 0.3) is 0 Å². The molecule has 0 fully saturated rings. The highest BCUT2D eigenvalue weighted by atomic mass is 19.1. The highest BCUT2D eigenvalue weighted by molar-refractivity contribution is 6.02. The van der Waals surface area contributed by atoms with E-state index in [0.29, 0.717) is 29.7 Å². The lowest BCUT2D eigenvalue weighted by molar-refractivity contribution is -0.143. The lowest BCUT2D eigenvalue weighted by atomic mass is 9.73. The van der Waals surface area contributed by atoms with Crippen LogP contribution in [0.15, 0.2) is 65.9 Å². The maximum Gasteiger partial charge on any atom is 0.242 e. The molecule has 0 bridgehead atoms. The third-order valence-corrected chi connectivity index (χ3v) is 5.65. The summed E-state index contributed by atoms with van der Waals surface area (Å²) < 4.78 is 14.5. The minimum Gasteiger partial charge on any atom is -0.294 e. The third-order valence-electron chi connectivity index (χ3n) is 5.65. The predicted molar refractivity (Wildman–Crippen MR) is 105 cm³/mol. The average Bonchev–Trinajstić information content (AvgIpc) is 2.67. The first kappa shape index (κ1) is 18.6. The summed E-state index contributed by atoms with van der Waals surface area (Å²) in [5.41, 5.74) is 2.81. The molecule has 1 heterocycles. The molecule has 0 unspecified atom stereocenters. The molecule has 144 valence electrons. The van der Waals surface area contributed by atoms with Crippen LogP contribution >= 0.6 is 0 Å². The Balaban J connectivity index is 1.83. The number of carbonyl (C=O) groups is 2. The zero-order valence-corrected chi connectivity index (χ0v) is 16.1. The normalized spacial score (nSPS) is 22.6. The number of halogens is 1. The molecule has 4 rings (SSSR count). The van der Waals surface area contributed by atoms with Crippen molar-refractivity contribution in [3.05, 3.63) is 82.8 Å². The van der Waals surface area contributed by atoms with Gasteiger partial charge in [0.05, 0.1) is 0 Å². The molecule has 0 spiro atoms. The summed E-state index contributed by atoms with van der Waals surface area (Å²) in [4.78, 5) is 26.2. The lowest BCUT2D eigenvalue weighted by Crippen LogP contribution is -2.48. The van der Waals surface area contributed by atoms with Gasteiger partial charge in [0.2, 0.25) is 5.91 Å². The maximum absolute atomic E-state index is 14.5. The molecular weight excluding hydrogens is 355 g/mol. The molecule has 1 amide bonds. The van der Waals surface area contributed by atoms with Crippen LogP contribution in [0.3, 0.4) is 0 Å². The zero-order chi connectivity index (χ0) is 19.8. The minimum atomic E-state index is -0.524. The number of ketones is 1. The van der Waals surface area contributed by atoms with Crippen molar-refractivity contribution >= 4 is 11.7 Å². The molecule has 1 aliphatic carbocycles. The van der Waals surface area contributed by atoms with Crippen LogP contribution in [0.4, 0.5) is 4.39 Å². The van der Waals surface area contributed by atoms with Crippen molar-refractivity contribution in [2.75, 3.05) is 14.1 Å². The monoisotopic (exact) mass is 378 g/mol. The molecule has 0 radical (unpaired) electrons. The first-order chi connectivity index (χ1) is 13.5. The second-order valence-corrected chi connectivity index (χ2v) is 7.63. The van der Waals surface area contributed by atoms with Crippen molar-refractivity contribution in [2.45, 2.75) is 31.1 Å². The first-order valence-electron chi connectivity index (χ1n) is 9.53. The SMILES string of the molecule is CN(C)N1C(=O)C[C@@H](c2ccccc2F)C2=C1C[C@@H](c1ccccc1)CC2=O. The molecule has 2 aromatic rings. The lowest BCUT2D eigenvalue weighted by Gasteiger charge is -2.42. The minimum absolute atomic E-state index is 0.00251. The highest BCUT2D eigenvalue weighted by Crippen LogP contribution is 2.46. The molecule has 0 aromatic heterocycles. The summed E-state index contributed by atoms with van der Waals surface area (Å²) >= 11 is 0. The summed E-state index contributed by atoms with van der Waals surface area (Å²) in [5.74, 6) is -0.990. The fourth-order valence-electron chi connectivity index (χ4n) is 4.47. The molecule has 5 heteroatoms. The summed E-state index contributed by atoms with van der Waals surface area (Å²) in [5, 5.41) is 3.32. The number of rotatable bonds is 3. The van der Waals surface area contributed by atoms with Gasteiger partial charge in [0, 0.05) is 44.1 Å². The van der Waals surface area contributed by atoms with Gasteiger partial charge in [-0.05, 0) is 29.5 Å². The number of hydrogen-bond acceptors (Lipinski definition) is 3. The van der Waals surface area contributed by atoms with E-state index in [1.54, 1.807) is 42.3 Å². The van der Waals surface area contributed by atoms with E-state index < -0.39 is 5.92 Å². The summed E-state index contributed by atoms with van der Waals surface area (Å²) in [6, 6.07) is 16.3. The van der Waals surface area contributed by atoms with E-state index in [9.17, 15) is 14.0 Å². The fourth-order valence-corrected chi connectivity index (χ4v) is 4.47. The fraction of sp³-hybridized carbons (Fsp3) is 0.304.